The van der Waals surface area contributed by atoms with Gasteiger partial charge in [-0.15, -0.1) is 11.3 Å². The van der Waals surface area contributed by atoms with Crippen LogP contribution in [0.2, 0.25) is 0 Å². The molecule has 3 N–H and O–H groups in total. The number of aromatic nitrogens is 1. The molecule has 0 unspecified atom stereocenters. The van der Waals surface area contributed by atoms with Crippen LogP contribution in [-0.4, -0.2) is 65.5 Å². The van der Waals surface area contributed by atoms with Crippen molar-refractivity contribution in [1.82, 2.24) is 15.2 Å². The van der Waals surface area contributed by atoms with Crippen LogP contribution in [0, 0.1) is 5.92 Å². The first-order valence-electron chi connectivity index (χ1n) is 11.7. The number of anilines is 2. The number of pyridine rings is 1. The topological polar surface area (TPSA) is 115 Å². The van der Waals surface area contributed by atoms with Gasteiger partial charge in [0.25, 0.3) is 0 Å². The van der Waals surface area contributed by atoms with Crippen LogP contribution in [0.1, 0.15) is 28.1 Å². The maximum absolute atomic E-state index is 12.3. The van der Waals surface area contributed by atoms with E-state index in [2.05, 4.69) is 20.4 Å². The lowest BCUT2D eigenvalue weighted by atomic mass is 10.1. The zero-order valence-electron chi connectivity index (χ0n) is 19.2. The van der Waals surface area contributed by atoms with Crippen molar-refractivity contribution in [2.45, 2.75) is 19.4 Å². The van der Waals surface area contributed by atoms with Crippen molar-refractivity contribution < 1.29 is 19.5 Å². The lowest BCUT2D eigenvalue weighted by Crippen LogP contribution is -2.49. The summed E-state index contributed by atoms with van der Waals surface area (Å²) in [5.74, 6) is -0.398. The van der Waals surface area contributed by atoms with Gasteiger partial charge in [0, 0.05) is 48.0 Å². The molecule has 2 fully saturated rings. The number of aromatic carboxylic acids is 1. The predicted octanol–water partition coefficient (Wildman–Crippen LogP) is 2.78. The molecule has 2 aromatic heterocycles. The number of fused-ring (bicyclic) bond motifs is 1. The summed E-state index contributed by atoms with van der Waals surface area (Å²) in [5.41, 5.74) is 1.31. The van der Waals surface area contributed by atoms with E-state index in [1.165, 1.54) is 0 Å². The van der Waals surface area contributed by atoms with Crippen LogP contribution in [0.25, 0.3) is 10.9 Å². The summed E-state index contributed by atoms with van der Waals surface area (Å²) in [5, 5.41) is 18.2. The van der Waals surface area contributed by atoms with Gasteiger partial charge in [-0.3, -0.25) is 14.5 Å². The van der Waals surface area contributed by atoms with Gasteiger partial charge >= 0.3 is 5.97 Å². The number of thiophene rings is 1. The van der Waals surface area contributed by atoms with Crippen LogP contribution in [0.5, 0.6) is 0 Å². The molecule has 1 aromatic carbocycles. The number of hydrogen-bond donors (Lipinski definition) is 3. The van der Waals surface area contributed by atoms with Gasteiger partial charge in [-0.1, -0.05) is 6.07 Å². The SMILES string of the molecule is O=C(CN1CCN(c2cc(C(=O)O)c3cc(NC(=O)C4CC4)ccc3n2)CC1)NCc1cccs1. The molecule has 1 saturated heterocycles. The van der Waals surface area contributed by atoms with Gasteiger partial charge in [0.1, 0.15) is 5.82 Å². The molecule has 3 heterocycles. The van der Waals surface area contributed by atoms with Crippen LogP contribution in [0.4, 0.5) is 11.5 Å². The van der Waals surface area contributed by atoms with E-state index >= 15 is 0 Å². The molecule has 0 bridgehead atoms. The molecule has 2 aliphatic rings. The molecule has 0 atom stereocenters. The molecule has 3 aromatic rings. The Bertz CT molecular complexity index is 1250. The fourth-order valence-electron chi connectivity index (χ4n) is 4.21. The van der Waals surface area contributed by atoms with E-state index in [0.29, 0.717) is 61.7 Å². The van der Waals surface area contributed by atoms with E-state index in [4.69, 9.17) is 4.98 Å². The summed E-state index contributed by atoms with van der Waals surface area (Å²) in [6, 6.07) is 10.8. The van der Waals surface area contributed by atoms with Crippen molar-refractivity contribution in [2.24, 2.45) is 5.92 Å². The number of piperazine rings is 1. The summed E-state index contributed by atoms with van der Waals surface area (Å²) in [6.07, 6.45) is 1.80. The zero-order chi connectivity index (χ0) is 24.4. The number of nitrogens with one attached hydrogen (secondary N) is 2. The maximum Gasteiger partial charge on any atom is 0.336 e. The number of hydrogen-bond acceptors (Lipinski definition) is 7. The Labute approximate surface area is 206 Å². The summed E-state index contributed by atoms with van der Waals surface area (Å²) in [6.45, 7) is 3.53. The van der Waals surface area contributed by atoms with Gasteiger partial charge in [-0.05, 0) is 48.6 Å². The highest BCUT2D eigenvalue weighted by Gasteiger charge is 2.29. The van der Waals surface area contributed by atoms with Crippen molar-refractivity contribution in [3.63, 3.8) is 0 Å². The highest BCUT2D eigenvalue weighted by molar-refractivity contribution is 7.09. The lowest BCUT2D eigenvalue weighted by Gasteiger charge is -2.35. The third-order valence-corrected chi connectivity index (χ3v) is 7.22. The second kappa shape index (κ2) is 10.0. The van der Waals surface area contributed by atoms with Crippen LogP contribution < -0.4 is 15.5 Å². The number of carbonyl (C=O) groups is 3. The number of rotatable bonds is 8. The van der Waals surface area contributed by atoms with Gasteiger partial charge in [0.15, 0.2) is 0 Å². The highest BCUT2D eigenvalue weighted by Crippen LogP contribution is 2.31. The molecule has 10 heteroatoms. The number of benzene rings is 1. The third kappa shape index (κ3) is 5.60. The monoisotopic (exact) mass is 493 g/mol. The average Bonchev–Trinajstić information content (AvgIpc) is 3.58. The van der Waals surface area contributed by atoms with Crippen molar-refractivity contribution in [3.8, 4) is 0 Å². The summed E-state index contributed by atoms with van der Waals surface area (Å²) >= 11 is 1.62. The van der Waals surface area contributed by atoms with Gasteiger partial charge in [0.05, 0.1) is 24.2 Å². The predicted molar refractivity (Wildman–Crippen MR) is 135 cm³/mol. The van der Waals surface area contributed by atoms with E-state index < -0.39 is 5.97 Å². The first-order valence-corrected chi connectivity index (χ1v) is 12.6. The van der Waals surface area contributed by atoms with Crippen LogP contribution >= 0.6 is 11.3 Å². The molecular weight excluding hydrogens is 466 g/mol. The van der Waals surface area contributed by atoms with E-state index in [0.717, 1.165) is 17.7 Å². The molecule has 0 spiro atoms. The fourth-order valence-corrected chi connectivity index (χ4v) is 4.86. The van der Waals surface area contributed by atoms with Crippen LogP contribution in [0.15, 0.2) is 41.8 Å². The standard InChI is InChI=1S/C25H27N5O4S/c31-23(26-14-18-2-1-11-35-18)15-29-7-9-30(10-8-29)22-13-20(25(33)34)19-12-17(5-6-21(19)28-22)27-24(32)16-3-4-16/h1-2,5-6,11-13,16H,3-4,7-10,14-15H2,(H,26,31)(H,27,32)(H,33,34). The molecule has 2 amide bonds. The molecule has 1 saturated carbocycles. The smallest absolute Gasteiger partial charge is 0.336 e. The van der Waals surface area contributed by atoms with Crippen LogP contribution in [-0.2, 0) is 16.1 Å². The van der Waals surface area contributed by atoms with Crippen molar-refractivity contribution in [3.05, 3.63) is 52.2 Å². The molecule has 5 rings (SSSR count). The molecule has 0 radical (unpaired) electrons. The number of nitrogens with zero attached hydrogens (tertiary/aromatic N) is 3. The van der Waals surface area contributed by atoms with E-state index in [1.807, 2.05) is 17.5 Å². The van der Waals surface area contributed by atoms with E-state index in [1.54, 1.807) is 35.6 Å². The first kappa shape index (κ1) is 23.3. The minimum absolute atomic E-state index is 0.00609. The molecular formula is C25H27N5O4S. The third-order valence-electron chi connectivity index (χ3n) is 6.34. The maximum atomic E-state index is 12.3. The summed E-state index contributed by atoms with van der Waals surface area (Å²) < 4.78 is 0. The van der Waals surface area contributed by atoms with Crippen molar-refractivity contribution in [2.75, 3.05) is 42.9 Å². The van der Waals surface area contributed by atoms with Crippen molar-refractivity contribution in [1.29, 1.82) is 0 Å². The Morgan fingerprint density at radius 3 is 2.57 bits per heavy atom. The number of carbonyl (C=O) groups excluding carboxylic acids is 2. The van der Waals surface area contributed by atoms with Gasteiger partial charge in [0.2, 0.25) is 11.8 Å². The molecule has 1 aliphatic carbocycles. The normalized spacial score (nSPS) is 16.3. The Hall–Kier alpha value is -3.50. The first-order chi connectivity index (χ1) is 17.0. The minimum atomic E-state index is -1.04. The molecule has 9 nitrogen and oxygen atoms in total. The molecule has 182 valence electrons. The van der Waals surface area contributed by atoms with Gasteiger partial charge < -0.3 is 20.6 Å². The van der Waals surface area contributed by atoms with Gasteiger partial charge in [-0.25, -0.2) is 9.78 Å². The Morgan fingerprint density at radius 2 is 1.89 bits per heavy atom. The second-order valence-corrected chi connectivity index (χ2v) is 9.98. The van der Waals surface area contributed by atoms with Gasteiger partial charge in [-0.2, -0.15) is 0 Å². The van der Waals surface area contributed by atoms with E-state index in [9.17, 15) is 19.5 Å². The number of amides is 2. The second-order valence-electron chi connectivity index (χ2n) is 8.95. The Kier molecular flexibility index (Phi) is 6.65. The number of carboxylic acid groups (broad SMARTS) is 1. The number of carboxylic acids is 1. The summed E-state index contributed by atoms with van der Waals surface area (Å²) in [4.78, 5) is 46.4. The molecule has 1 aliphatic heterocycles. The summed E-state index contributed by atoms with van der Waals surface area (Å²) in [7, 11) is 0. The Morgan fingerprint density at radius 1 is 1.09 bits per heavy atom. The fraction of sp³-hybridized carbons (Fsp3) is 0.360. The lowest BCUT2D eigenvalue weighted by molar-refractivity contribution is -0.122. The van der Waals surface area contributed by atoms with E-state index in [-0.39, 0.29) is 23.3 Å². The highest BCUT2D eigenvalue weighted by atomic mass is 32.1. The molecule has 35 heavy (non-hydrogen) atoms. The zero-order valence-corrected chi connectivity index (χ0v) is 20.0. The minimum Gasteiger partial charge on any atom is -0.478 e. The van der Waals surface area contributed by atoms with Crippen LogP contribution in [0.3, 0.4) is 0 Å². The quantitative estimate of drug-likeness (QED) is 0.442. The average molecular weight is 494 g/mol. The largest absolute Gasteiger partial charge is 0.478 e. The Balaban J connectivity index is 1.23. The van der Waals surface area contributed by atoms with Crippen molar-refractivity contribution >= 4 is 51.5 Å².